The van der Waals surface area contributed by atoms with Gasteiger partial charge in [-0.3, -0.25) is 9.59 Å². The minimum absolute atomic E-state index is 0.0490. The maximum absolute atomic E-state index is 13.9. The molecule has 0 saturated heterocycles. The van der Waals surface area contributed by atoms with E-state index in [1.807, 2.05) is 47.4 Å². The predicted octanol–water partition coefficient (Wildman–Crippen LogP) is 4.56. The van der Waals surface area contributed by atoms with Gasteiger partial charge in [0.05, 0.1) is 18.2 Å². The molecule has 3 atom stereocenters. The lowest BCUT2D eigenvalue weighted by molar-refractivity contribution is -0.784. The Morgan fingerprint density at radius 1 is 1.11 bits per heavy atom. The van der Waals surface area contributed by atoms with Crippen molar-refractivity contribution >= 4 is 35.0 Å². The largest absolute Gasteiger partial charge is 0.629 e. The van der Waals surface area contributed by atoms with Gasteiger partial charge in [0.2, 0.25) is 5.91 Å². The second-order valence-electron chi connectivity index (χ2n) is 9.65. The van der Waals surface area contributed by atoms with Crippen molar-refractivity contribution in [1.29, 1.82) is 0 Å². The second kappa shape index (κ2) is 10.8. The number of carbonyl (C=O) groups is 2. The van der Waals surface area contributed by atoms with Gasteiger partial charge in [-0.25, -0.2) is 0 Å². The smallest absolute Gasteiger partial charge is 0.254 e. The van der Waals surface area contributed by atoms with Gasteiger partial charge in [0.25, 0.3) is 5.91 Å². The van der Waals surface area contributed by atoms with Crippen molar-refractivity contribution in [2.75, 3.05) is 13.1 Å². The van der Waals surface area contributed by atoms with Gasteiger partial charge < -0.3 is 20.5 Å². The van der Waals surface area contributed by atoms with Crippen LogP contribution in [-0.2, 0) is 4.79 Å². The summed E-state index contributed by atoms with van der Waals surface area (Å²) in [5.74, 6) is -0.819. The van der Waals surface area contributed by atoms with Gasteiger partial charge in [-0.05, 0) is 66.3 Å². The number of amides is 2. The van der Waals surface area contributed by atoms with E-state index in [4.69, 9.17) is 23.2 Å². The number of hydrogen-bond acceptors (Lipinski definition) is 3. The summed E-state index contributed by atoms with van der Waals surface area (Å²) in [5.41, 5.74) is 3.04. The molecule has 0 radical (unpaired) electrons. The summed E-state index contributed by atoms with van der Waals surface area (Å²) in [4.78, 5) is 29.6. The summed E-state index contributed by atoms with van der Waals surface area (Å²) in [6, 6.07) is 12.2. The van der Waals surface area contributed by atoms with Crippen molar-refractivity contribution in [2.24, 2.45) is 0 Å². The van der Waals surface area contributed by atoms with Crippen molar-refractivity contribution in [2.45, 2.75) is 50.1 Å². The Bertz CT molecular complexity index is 1220. The number of rotatable bonds is 6. The number of benzene rings is 2. The molecule has 8 heteroatoms. The van der Waals surface area contributed by atoms with Crippen molar-refractivity contribution in [3.05, 3.63) is 98.3 Å². The summed E-state index contributed by atoms with van der Waals surface area (Å²) in [6.45, 7) is 0.825. The molecule has 2 aromatic carbocycles. The molecule has 3 aliphatic rings. The molecule has 5 rings (SSSR count). The Morgan fingerprint density at radius 3 is 2.61 bits per heavy atom. The summed E-state index contributed by atoms with van der Waals surface area (Å²) in [5, 5.41) is 15.6. The van der Waals surface area contributed by atoms with Crippen LogP contribution in [0.3, 0.4) is 0 Å². The lowest BCUT2D eigenvalue weighted by Crippen LogP contribution is -3.02. The zero-order valence-electron chi connectivity index (χ0n) is 19.9. The van der Waals surface area contributed by atoms with Crippen molar-refractivity contribution in [3.8, 4) is 0 Å². The lowest BCUT2D eigenvalue weighted by Gasteiger charge is -2.45. The molecule has 0 bridgehead atoms. The molecule has 0 spiro atoms. The summed E-state index contributed by atoms with van der Waals surface area (Å²) in [6.07, 6.45) is 9.84. The van der Waals surface area contributed by atoms with Crippen LogP contribution in [-0.4, -0.2) is 35.8 Å². The minimum Gasteiger partial charge on any atom is -0.629 e. The first-order chi connectivity index (χ1) is 17.4. The monoisotopic (exact) mass is 525 g/mol. The highest BCUT2D eigenvalue weighted by molar-refractivity contribution is 6.35. The van der Waals surface area contributed by atoms with Gasteiger partial charge in [-0.2, -0.15) is 0 Å². The predicted molar refractivity (Wildman–Crippen MR) is 141 cm³/mol. The molecule has 2 heterocycles. The number of hydroxylamine groups is 2. The maximum atomic E-state index is 13.9. The Hall–Kier alpha value is -2.64. The van der Waals surface area contributed by atoms with E-state index in [1.165, 1.54) is 0 Å². The zero-order valence-corrected chi connectivity index (χ0v) is 21.4. The van der Waals surface area contributed by atoms with Gasteiger partial charge in [-0.15, -0.1) is 0 Å². The number of nitrogens with one attached hydrogen (secondary N) is 2. The van der Waals surface area contributed by atoms with Crippen LogP contribution in [0.5, 0.6) is 0 Å². The van der Waals surface area contributed by atoms with Crippen LogP contribution in [0.2, 0.25) is 10.0 Å². The quantitative estimate of drug-likeness (QED) is 0.542. The SMILES string of the molecule is O=C(NCCC1=CC[NH+]([O-])C=C1)[C@@H]1c2ccccc2C(=O)N(C2CCCC2)[C@H]1c1ccc(Cl)cc1Cl. The number of fused-ring (bicyclic) bond motifs is 1. The first-order valence-corrected chi connectivity index (χ1v) is 13.2. The minimum atomic E-state index is -0.615. The third kappa shape index (κ3) is 4.96. The summed E-state index contributed by atoms with van der Waals surface area (Å²) >= 11 is 12.9. The van der Waals surface area contributed by atoms with Gasteiger partial charge in [0.1, 0.15) is 6.54 Å². The molecule has 1 fully saturated rings. The number of nitrogens with zero attached hydrogens (tertiary/aromatic N) is 1. The third-order valence-electron chi connectivity index (χ3n) is 7.42. The molecule has 2 amide bonds. The van der Waals surface area contributed by atoms with E-state index in [-0.39, 0.29) is 22.9 Å². The molecule has 188 valence electrons. The Labute approximate surface area is 221 Å². The average molecular weight is 526 g/mol. The standard InChI is InChI=1S/C28H29Cl2N3O3/c29-19-9-10-23(24(30)17-19)26-25(27(34)31-14-11-18-12-15-32(36)16-13-18)21-7-3-4-8-22(21)28(35)33(26)20-5-1-2-6-20/h3-4,7-10,12-13,15,17,20,25-26,32H,1-2,5-6,11,14,16H2,(H,31,34)/t25-,26+/m1/s1. The molecule has 2 aromatic rings. The maximum Gasteiger partial charge on any atom is 0.254 e. The van der Waals surface area contributed by atoms with Crippen LogP contribution >= 0.6 is 23.2 Å². The molecular formula is C28H29Cl2N3O3. The molecular weight excluding hydrogens is 497 g/mol. The Balaban J connectivity index is 1.51. The van der Waals surface area contributed by atoms with Crippen LogP contribution in [0.15, 0.2) is 66.4 Å². The van der Waals surface area contributed by atoms with Crippen molar-refractivity contribution in [3.63, 3.8) is 0 Å². The highest BCUT2D eigenvalue weighted by Gasteiger charge is 2.47. The first kappa shape index (κ1) is 25.0. The molecule has 1 aliphatic carbocycles. The Morgan fingerprint density at radius 2 is 1.89 bits per heavy atom. The van der Waals surface area contributed by atoms with Gasteiger partial charge in [0, 0.05) is 28.2 Å². The van der Waals surface area contributed by atoms with E-state index in [1.54, 1.807) is 18.3 Å². The normalized spacial score (nSPS) is 24.0. The fraction of sp³-hybridized carbons (Fsp3) is 0.357. The van der Waals surface area contributed by atoms with Crippen molar-refractivity contribution in [1.82, 2.24) is 10.2 Å². The molecule has 1 saturated carbocycles. The van der Waals surface area contributed by atoms with E-state index in [9.17, 15) is 14.8 Å². The highest BCUT2D eigenvalue weighted by Crippen LogP contribution is 2.47. The molecule has 0 aromatic heterocycles. The number of halogens is 2. The number of hydrogen-bond donors (Lipinski definition) is 2. The fourth-order valence-electron chi connectivity index (χ4n) is 5.68. The number of carbonyl (C=O) groups excluding carboxylic acids is 2. The average Bonchev–Trinajstić information content (AvgIpc) is 3.40. The highest BCUT2D eigenvalue weighted by atomic mass is 35.5. The van der Waals surface area contributed by atoms with Gasteiger partial charge in [0.15, 0.2) is 0 Å². The van der Waals surface area contributed by atoms with E-state index < -0.39 is 12.0 Å². The van der Waals surface area contributed by atoms with E-state index >= 15 is 0 Å². The molecule has 6 nitrogen and oxygen atoms in total. The molecule has 2 N–H and O–H groups in total. The third-order valence-corrected chi connectivity index (χ3v) is 7.98. The second-order valence-corrected chi connectivity index (χ2v) is 10.5. The number of allylic oxidation sites excluding steroid dienone is 1. The van der Waals surface area contributed by atoms with Crippen LogP contribution in [0.4, 0.5) is 0 Å². The molecule has 1 unspecified atom stereocenters. The van der Waals surface area contributed by atoms with Crippen LogP contribution in [0.25, 0.3) is 0 Å². The zero-order chi connectivity index (χ0) is 25.2. The molecule has 36 heavy (non-hydrogen) atoms. The summed E-state index contributed by atoms with van der Waals surface area (Å²) < 4.78 is 0. The molecule has 2 aliphatic heterocycles. The number of quaternary nitrogens is 1. The Kier molecular flexibility index (Phi) is 7.49. The van der Waals surface area contributed by atoms with Gasteiger partial charge >= 0.3 is 0 Å². The van der Waals surface area contributed by atoms with E-state index in [0.717, 1.165) is 36.8 Å². The topological polar surface area (TPSA) is 76.9 Å². The van der Waals surface area contributed by atoms with Crippen LogP contribution in [0, 0.1) is 5.21 Å². The van der Waals surface area contributed by atoms with E-state index in [0.29, 0.717) is 40.7 Å². The fourth-order valence-corrected chi connectivity index (χ4v) is 6.20. The van der Waals surface area contributed by atoms with Crippen molar-refractivity contribution < 1.29 is 14.7 Å². The summed E-state index contributed by atoms with van der Waals surface area (Å²) in [7, 11) is 0. The van der Waals surface area contributed by atoms with E-state index in [2.05, 4.69) is 5.32 Å². The van der Waals surface area contributed by atoms with Crippen LogP contribution in [0.1, 0.15) is 65.5 Å². The van der Waals surface area contributed by atoms with Crippen LogP contribution < -0.4 is 10.4 Å². The first-order valence-electron chi connectivity index (χ1n) is 12.5. The van der Waals surface area contributed by atoms with Gasteiger partial charge in [-0.1, -0.05) is 60.3 Å². The lowest BCUT2D eigenvalue weighted by atomic mass is 9.78.